The van der Waals surface area contributed by atoms with Crippen LogP contribution in [-0.4, -0.2) is 41.0 Å². The van der Waals surface area contributed by atoms with Crippen LogP contribution >= 0.6 is 34.8 Å². The first-order valence-electron chi connectivity index (χ1n) is 5.64. The van der Waals surface area contributed by atoms with E-state index in [9.17, 15) is 4.79 Å². The molecule has 5 nitrogen and oxygen atoms in total. The summed E-state index contributed by atoms with van der Waals surface area (Å²) in [6.45, 7) is 2.97. The largest absolute Gasteiger partial charge is 0.378 e. The molecule has 19 heavy (non-hydrogen) atoms. The molecule has 0 bridgehead atoms. The fourth-order valence-corrected chi connectivity index (χ4v) is 1.78. The summed E-state index contributed by atoms with van der Waals surface area (Å²) in [5, 5.41) is 2.47. The zero-order valence-electron chi connectivity index (χ0n) is 9.91. The van der Waals surface area contributed by atoms with E-state index in [-0.39, 0.29) is 0 Å². The van der Waals surface area contributed by atoms with Gasteiger partial charge in [0.2, 0.25) is 0 Å². The molecule has 2 rings (SSSR count). The zero-order valence-corrected chi connectivity index (χ0v) is 12.2. The van der Waals surface area contributed by atoms with Crippen molar-refractivity contribution in [3.05, 3.63) is 18.3 Å². The van der Waals surface area contributed by atoms with Gasteiger partial charge in [0.1, 0.15) is 5.82 Å². The maximum atomic E-state index is 11.5. The second-order valence-electron chi connectivity index (χ2n) is 3.96. The van der Waals surface area contributed by atoms with Crippen molar-refractivity contribution in [2.45, 2.75) is 3.79 Å². The highest BCUT2D eigenvalue weighted by Crippen LogP contribution is 2.27. The highest BCUT2D eigenvalue weighted by Gasteiger charge is 2.30. The maximum absolute atomic E-state index is 11.5. The van der Waals surface area contributed by atoms with Crippen molar-refractivity contribution in [1.82, 2.24) is 4.98 Å². The number of hydrogen-bond donors (Lipinski definition) is 1. The van der Waals surface area contributed by atoms with Gasteiger partial charge in [-0.3, -0.25) is 4.79 Å². The van der Waals surface area contributed by atoms with Crippen molar-refractivity contribution in [3.63, 3.8) is 0 Å². The number of carbonyl (C=O) groups excluding carboxylic acids is 1. The monoisotopic (exact) mass is 323 g/mol. The smallest absolute Gasteiger partial charge is 0.276 e. The zero-order chi connectivity index (χ0) is 13.9. The maximum Gasteiger partial charge on any atom is 0.276 e. The molecule has 104 valence electrons. The van der Waals surface area contributed by atoms with E-state index in [2.05, 4.69) is 15.2 Å². The third-order valence-electron chi connectivity index (χ3n) is 2.60. The first-order chi connectivity index (χ1) is 8.97. The Bertz CT molecular complexity index is 441. The van der Waals surface area contributed by atoms with Gasteiger partial charge >= 0.3 is 0 Å². The van der Waals surface area contributed by atoms with Gasteiger partial charge in [-0.05, 0) is 12.1 Å². The van der Waals surface area contributed by atoms with E-state index in [1.165, 1.54) is 6.20 Å². The van der Waals surface area contributed by atoms with E-state index in [0.29, 0.717) is 18.9 Å². The van der Waals surface area contributed by atoms with E-state index >= 15 is 0 Å². The summed E-state index contributed by atoms with van der Waals surface area (Å²) in [6, 6.07) is 3.52. The van der Waals surface area contributed by atoms with E-state index in [1.807, 2.05) is 0 Å². The minimum atomic E-state index is -1.98. The molecule has 1 amide bonds. The fraction of sp³-hybridized carbons (Fsp3) is 0.455. The predicted octanol–water partition coefficient (Wildman–Crippen LogP) is 2.23. The Morgan fingerprint density at radius 2 is 2.00 bits per heavy atom. The molecule has 1 aromatic rings. The molecule has 0 radical (unpaired) electrons. The van der Waals surface area contributed by atoms with Crippen LogP contribution in [-0.2, 0) is 9.53 Å². The molecule has 1 aliphatic heterocycles. The Morgan fingerprint density at radius 1 is 1.32 bits per heavy atom. The number of morpholine rings is 1. The molecular weight excluding hydrogens is 312 g/mol. The number of nitrogens with zero attached hydrogens (tertiary/aromatic N) is 2. The summed E-state index contributed by atoms with van der Waals surface area (Å²) in [4.78, 5) is 17.8. The van der Waals surface area contributed by atoms with Gasteiger partial charge in [0, 0.05) is 13.1 Å². The predicted molar refractivity (Wildman–Crippen MR) is 76.2 cm³/mol. The molecule has 0 atom stereocenters. The second kappa shape index (κ2) is 6.13. The van der Waals surface area contributed by atoms with Crippen LogP contribution in [0.3, 0.4) is 0 Å². The molecule has 0 aromatic carbocycles. The lowest BCUT2D eigenvalue weighted by molar-refractivity contribution is -0.115. The number of amides is 1. The van der Waals surface area contributed by atoms with Crippen LogP contribution in [0, 0.1) is 0 Å². The van der Waals surface area contributed by atoms with Gasteiger partial charge in [0.25, 0.3) is 9.70 Å². The molecule has 0 aliphatic carbocycles. The lowest BCUT2D eigenvalue weighted by Crippen LogP contribution is -2.36. The molecule has 1 aromatic heterocycles. The van der Waals surface area contributed by atoms with E-state index in [4.69, 9.17) is 39.5 Å². The Kier molecular flexibility index (Phi) is 4.73. The number of hydrogen-bond acceptors (Lipinski definition) is 4. The van der Waals surface area contributed by atoms with Gasteiger partial charge in [-0.2, -0.15) is 0 Å². The van der Waals surface area contributed by atoms with Crippen molar-refractivity contribution in [2.24, 2.45) is 0 Å². The van der Waals surface area contributed by atoms with Gasteiger partial charge in [0.15, 0.2) is 0 Å². The quantitative estimate of drug-likeness (QED) is 0.848. The van der Waals surface area contributed by atoms with Crippen LogP contribution in [0.1, 0.15) is 0 Å². The molecule has 1 saturated heterocycles. The first kappa shape index (κ1) is 14.7. The third-order valence-corrected chi connectivity index (χ3v) is 3.11. The van der Waals surface area contributed by atoms with Crippen LogP contribution < -0.4 is 10.2 Å². The van der Waals surface area contributed by atoms with Crippen LogP contribution in [0.25, 0.3) is 0 Å². The lowest BCUT2D eigenvalue weighted by Gasteiger charge is -2.27. The van der Waals surface area contributed by atoms with Gasteiger partial charge in [0.05, 0.1) is 25.1 Å². The van der Waals surface area contributed by atoms with E-state index < -0.39 is 9.70 Å². The van der Waals surface area contributed by atoms with E-state index in [0.717, 1.165) is 18.9 Å². The average Bonchev–Trinajstić information content (AvgIpc) is 2.39. The molecule has 1 N–H and O–H groups in total. The summed E-state index contributed by atoms with van der Waals surface area (Å²) >= 11 is 16.4. The normalized spacial score (nSPS) is 16.3. The van der Waals surface area contributed by atoms with Crippen molar-refractivity contribution >= 4 is 52.2 Å². The Labute approximate surface area is 125 Å². The summed E-state index contributed by atoms with van der Waals surface area (Å²) < 4.78 is 3.28. The molecular formula is C11H12Cl3N3O2. The number of pyridine rings is 1. The summed E-state index contributed by atoms with van der Waals surface area (Å²) in [5.74, 6) is 0.119. The molecule has 2 heterocycles. The van der Waals surface area contributed by atoms with Gasteiger partial charge in [-0.25, -0.2) is 4.98 Å². The lowest BCUT2D eigenvalue weighted by atomic mass is 10.3. The third kappa shape index (κ3) is 4.11. The van der Waals surface area contributed by atoms with Crippen LogP contribution in [0.15, 0.2) is 18.3 Å². The SMILES string of the molecule is O=C(Nc1ccc(N2CCOCC2)nc1)C(Cl)(Cl)Cl. The Morgan fingerprint density at radius 3 is 2.53 bits per heavy atom. The van der Waals surface area contributed by atoms with Crippen LogP contribution in [0.2, 0.25) is 0 Å². The minimum Gasteiger partial charge on any atom is -0.378 e. The van der Waals surface area contributed by atoms with Gasteiger partial charge in [-0.1, -0.05) is 34.8 Å². The molecule has 0 unspecified atom stereocenters. The van der Waals surface area contributed by atoms with Crippen LogP contribution in [0.4, 0.5) is 11.5 Å². The highest BCUT2D eigenvalue weighted by atomic mass is 35.6. The molecule has 1 aliphatic rings. The van der Waals surface area contributed by atoms with Crippen molar-refractivity contribution < 1.29 is 9.53 Å². The minimum absolute atomic E-state index is 0.480. The van der Waals surface area contributed by atoms with Crippen LogP contribution in [0.5, 0.6) is 0 Å². The second-order valence-corrected chi connectivity index (χ2v) is 6.24. The molecule has 0 saturated carbocycles. The number of anilines is 2. The summed E-state index contributed by atoms with van der Waals surface area (Å²) in [7, 11) is 0. The number of carbonyl (C=O) groups is 1. The number of rotatable bonds is 2. The number of ether oxygens (including phenoxy) is 1. The highest BCUT2D eigenvalue weighted by molar-refractivity contribution is 6.76. The summed E-state index contributed by atoms with van der Waals surface area (Å²) in [6.07, 6.45) is 1.53. The van der Waals surface area contributed by atoms with Crippen molar-refractivity contribution in [2.75, 3.05) is 36.5 Å². The Balaban J connectivity index is 2.00. The summed E-state index contributed by atoms with van der Waals surface area (Å²) in [5.41, 5.74) is 0.480. The topological polar surface area (TPSA) is 54.5 Å². The Hall–Kier alpha value is -0.750. The van der Waals surface area contributed by atoms with Gasteiger partial charge < -0.3 is 15.0 Å². The van der Waals surface area contributed by atoms with Gasteiger partial charge in [-0.15, -0.1) is 0 Å². The number of halogens is 3. The number of aromatic nitrogens is 1. The number of alkyl halides is 3. The average molecular weight is 325 g/mol. The standard InChI is InChI=1S/C11H12Cl3N3O2/c12-11(13,14)10(18)16-8-1-2-9(15-7-8)17-3-5-19-6-4-17/h1-2,7H,3-6H2,(H,16,18). The fourth-order valence-electron chi connectivity index (χ4n) is 1.64. The van der Waals surface area contributed by atoms with Crippen molar-refractivity contribution in [1.29, 1.82) is 0 Å². The first-order valence-corrected chi connectivity index (χ1v) is 6.77. The van der Waals surface area contributed by atoms with E-state index in [1.54, 1.807) is 12.1 Å². The van der Waals surface area contributed by atoms with Crippen molar-refractivity contribution in [3.8, 4) is 0 Å². The number of nitrogens with one attached hydrogen (secondary N) is 1. The molecule has 0 spiro atoms. The molecule has 8 heteroatoms. The molecule has 1 fully saturated rings.